The van der Waals surface area contributed by atoms with Gasteiger partial charge in [-0.3, -0.25) is 4.79 Å². The Labute approximate surface area is 169 Å². The predicted molar refractivity (Wildman–Crippen MR) is 112 cm³/mol. The molecule has 0 bridgehead atoms. The molecular formula is C23H22N2O4. The summed E-state index contributed by atoms with van der Waals surface area (Å²) in [5.41, 5.74) is 5.20. The smallest absolute Gasteiger partial charge is 0.277 e. The number of ether oxygens (including phenoxy) is 2. The van der Waals surface area contributed by atoms with Gasteiger partial charge in [0.1, 0.15) is 5.75 Å². The zero-order chi connectivity index (χ0) is 20.5. The van der Waals surface area contributed by atoms with E-state index in [-0.39, 0.29) is 18.3 Å². The number of nitrogens with one attached hydrogen (secondary N) is 1. The van der Waals surface area contributed by atoms with Gasteiger partial charge < -0.3 is 14.6 Å². The van der Waals surface area contributed by atoms with Crippen molar-refractivity contribution in [2.75, 3.05) is 13.7 Å². The quantitative estimate of drug-likeness (QED) is 0.456. The number of phenols is 1. The molecule has 0 aliphatic rings. The normalized spacial score (nSPS) is 10.7. The molecule has 0 spiro atoms. The molecule has 0 saturated heterocycles. The number of amides is 1. The van der Waals surface area contributed by atoms with E-state index in [1.54, 1.807) is 12.1 Å². The van der Waals surface area contributed by atoms with Crippen molar-refractivity contribution in [2.24, 2.45) is 5.10 Å². The lowest BCUT2D eigenvalue weighted by molar-refractivity contribution is -0.123. The van der Waals surface area contributed by atoms with Crippen molar-refractivity contribution < 1.29 is 19.4 Å². The minimum Gasteiger partial charge on any atom is -0.504 e. The summed E-state index contributed by atoms with van der Waals surface area (Å²) in [5, 5.41) is 13.6. The van der Waals surface area contributed by atoms with Crippen LogP contribution in [0.25, 0.3) is 0 Å². The van der Waals surface area contributed by atoms with Crippen LogP contribution in [-0.4, -0.2) is 30.9 Å². The molecular weight excluding hydrogens is 368 g/mol. The van der Waals surface area contributed by atoms with Crippen molar-refractivity contribution in [1.82, 2.24) is 5.43 Å². The summed E-state index contributed by atoms with van der Waals surface area (Å²) in [6.45, 7) is -0.156. The number of methoxy groups -OCH3 is 1. The number of rotatable bonds is 8. The lowest BCUT2D eigenvalue weighted by Crippen LogP contribution is -2.24. The Bertz CT molecular complexity index is 987. The summed E-state index contributed by atoms with van der Waals surface area (Å²) in [7, 11) is 1.47. The van der Waals surface area contributed by atoms with Crippen LogP contribution in [0.3, 0.4) is 0 Å². The van der Waals surface area contributed by atoms with Crippen LogP contribution in [0.4, 0.5) is 0 Å². The third kappa shape index (κ3) is 5.84. The van der Waals surface area contributed by atoms with Gasteiger partial charge >= 0.3 is 0 Å². The third-order valence-electron chi connectivity index (χ3n) is 4.17. The largest absolute Gasteiger partial charge is 0.504 e. The van der Waals surface area contributed by atoms with Crippen LogP contribution in [0.2, 0.25) is 0 Å². The maximum Gasteiger partial charge on any atom is 0.277 e. The highest BCUT2D eigenvalue weighted by molar-refractivity contribution is 5.83. The molecule has 3 rings (SSSR count). The van der Waals surface area contributed by atoms with Gasteiger partial charge in [0.25, 0.3) is 5.91 Å². The highest BCUT2D eigenvalue weighted by atomic mass is 16.5. The number of carbonyl (C=O) groups excluding carboxylic acids is 1. The molecule has 6 heteroatoms. The third-order valence-corrected chi connectivity index (χ3v) is 4.17. The van der Waals surface area contributed by atoms with E-state index in [0.29, 0.717) is 17.1 Å². The van der Waals surface area contributed by atoms with Crippen LogP contribution in [0.5, 0.6) is 17.2 Å². The Kier molecular flexibility index (Phi) is 6.84. The molecule has 0 saturated carbocycles. The fourth-order valence-corrected chi connectivity index (χ4v) is 2.75. The lowest BCUT2D eigenvalue weighted by Gasteiger charge is -2.11. The molecule has 0 radical (unpaired) electrons. The molecule has 0 heterocycles. The first-order chi connectivity index (χ1) is 14.2. The molecule has 6 nitrogen and oxygen atoms in total. The van der Waals surface area contributed by atoms with E-state index in [9.17, 15) is 9.90 Å². The average molecular weight is 390 g/mol. The molecule has 0 unspecified atom stereocenters. The van der Waals surface area contributed by atoms with Gasteiger partial charge in [-0.05, 0) is 41.0 Å². The van der Waals surface area contributed by atoms with Crippen molar-refractivity contribution in [1.29, 1.82) is 0 Å². The summed E-state index contributed by atoms with van der Waals surface area (Å²) in [6, 6.07) is 22.5. The fraction of sp³-hybridized carbons (Fsp3) is 0.130. The lowest BCUT2D eigenvalue weighted by atomic mass is 10.0. The van der Waals surface area contributed by atoms with Crippen molar-refractivity contribution in [3.63, 3.8) is 0 Å². The maximum atomic E-state index is 12.0. The summed E-state index contributed by atoms with van der Waals surface area (Å²) in [6.07, 6.45) is 2.15. The van der Waals surface area contributed by atoms with Gasteiger partial charge in [0.2, 0.25) is 0 Å². The highest BCUT2D eigenvalue weighted by Crippen LogP contribution is 2.25. The molecule has 0 atom stereocenters. The summed E-state index contributed by atoms with van der Waals surface area (Å²) in [5.74, 6) is 0.652. The molecule has 2 N–H and O–H groups in total. The maximum absolute atomic E-state index is 12.0. The van der Waals surface area contributed by atoms with Crippen LogP contribution in [0, 0.1) is 0 Å². The number of nitrogens with zero attached hydrogens (tertiary/aromatic N) is 1. The number of carbonyl (C=O) groups is 1. The Morgan fingerprint density at radius 1 is 1.03 bits per heavy atom. The van der Waals surface area contributed by atoms with Gasteiger partial charge in [-0.2, -0.15) is 5.10 Å². The topological polar surface area (TPSA) is 80.2 Å². The van der Waals surface area contributed by atoms with Crippen molar-refractivity contribution in [3.8, 4) is 17.2 Å². The number of aromatic hydroxyl groups is 1. The standard InChI is InChI=1S/C23H22N2O4/c1-28-22-12-11-18(14-20(22)26)15-24-25-23(27)16-29-21-10-6-5-9-19(21)13-17-7-3-2-4-8-17/h2-12,14-15,26H,13,16H2,1H3,(H,25,27)/b24-15-. The molecule has 148 valence electrons. The van der Waals surface area contributed by atoms with Gasteiger partial charge in [0.05, 0.1) is 13.3 Å². The molecule has 3 aromatic rings. The van der Waals surface area contributed by atoms with Crippen molar-refractivity contribution in [3.05, 3.63) is 89.5 Å². The molecule has 0 aliphatic heterocycles. The molecule has 3 aromatic carbocycles. The molecule has 29 heavy (non-hydrogen) atoms. The van der Waals surface area contributed by atoms with E-state index in [4.69, 9.17) is 9.47 Å². The Morgan fingerprint density at radius 3 is 2.55 bits per heavy atom. The first-order valence-corrected chi connectivity index (χ1v) is 9.09. The van der Waals surface area contributed by atoms with Gasteiger partial charge in [0, 0.05) is 6.42 Å². The minimum absolute atomic E-state index is 0.00105. The van der Waals surface area contributed by atoms with E-state index in [2.05, 4.69) is 22.7 Å². The van der Waals surface area contributed by atoms with E-state index >= 15 is 0 Å². The number of hydrazone groups is 1. The zero-order valence-corrected chi connectivity index (χ0v) is 16.0. The first-order valence-electron chi connectivity index (χ1n) is 9.09. The predicted octanol–water partition coefficient (Wildman–Crippen LogP) is 3.52. The molecule has 0 fully saturated rings. The number of hydrogen-bond donors (Lipinski definition) is 2. The van der Waals surface area contributed by atoms with Crippen LogP contribution >= 0.6 is 0 Å². The Morgan fingerprint density at radius 2 is 1.79 bits per heavy atom. The monoisotopic (exact) mass is 390 g/mol. The van der Waals surface area contributed by atoms with Gasteiger partial charge in [-0.15, -0.1) is 0 Å². The van der Waals surface area contributed by atoms with E-state index in [1.807, 2.05) is 42.5 Å². The second-order valence-electron chi connectivity index (χ2n) is 6.28. The van der Waals surface area contributed by atoms with Gasteiger partial charge in [-0.1, -0.05) is 48.5 Å². The minimum atomic E-state index is -0.381. The zero-order valence-electron chi connectivity index (χ0n) is 16.0. The van der Waals surface area contributed by atoms with Gasteiger partial charge in [-0.25, -0.2) is 5.43 Å². The van der Waals surface area contributed by atoms with E-state index in [0.717, 1.165) is 12.0 Å². The van der Waals surface area contributed by atoms with Crippen LogP contribution in [0.1, 0.15) is 16.7 Å². The second-order valence-corrected chi connectivity index (χ2v) is 6.28. The van der Waals surface area contributed by atoms with E-state index < -0.39 is 0 Å². The first kappa shape index (κ1) is 19.9. The number of para-hydroxylation sites is 1. The van der Waals surface area contributed by atoms with Crippen molar-refractivity contribution >= 4 is 12.1 Å². The Hall–Kier alpha value is -3.80. The number of benzene rings is 3. The number of phenolic OH excluding ortho intramolecular Hbond substituents is 1. The number of hydrogen-bond acceptors (Lipinski definition) is 5. The second kappa shape index (κ2) is 9.94. The molecule has 0 aliphatic carbocycles. The molecule has 0 aromatic heterocycles. The highest BCUT2D eigenvalue weighted by Gasteiger charge is 2.07. The van der Waals surface area contributed by atoms with E-state index in [1.165, 1.54) is 25.0 Å². The average Bonchev–Trinajstić information content (AvgIpc) is 2.74. The summed E-state index contributed by atoms with van der Waals surface area (Å²) in [4.78, 5) is 12.0. The summed E-state index contributed by atoms with van der Waals surface area (Å²) >= 11 is 0. The SMILES string of the molecule is COc1ccc(/C=N\NC(=O)COc2ccccc2Cc2ccccc2)cc1O. The molecule has 1 amide bonds. The van der Waals surface area contributed by atoms with Crippen LogP contribution < -0.4 is 14.9 Å². The van der Waals surface area contributed by atoms with Crippen LogP contribution in [0.15, 0.2) is 77.9 Å². The Balaban J connectivity index is 1.54. The van der Waals surface area contributed by atoms with Gasteiger partial charge in [0.15, 0.2) is 18.1 Å². The van der Waals surface area contributed by atoms with Crippen molar-refractivity contribution in [2.45, 2.75) is 6.42 Å². The van der Waals surface area contributed by atoms with Crippen LogP contribution in [-0.2, 0) is 11.2 Å². The fourth-order valence-electron chi connectivity index (χ4n) is 2.75. The summed E-state index contributed by atoms with van der Waals surface area (Å²) < 4.78 is 10.7.